The number of amides is 1. The molecular formula is C48H83N5O7. The van der Waals surface area contributed by atoms with Crippen molar-refractivity contribution in [2.45, 2.75) is 120 Å². The first kappa shape index (κ1) is 54.4. The molecule has 60 heavy (non-hydrogen) atoms. The molecule has 0 aromatic carbocycles. The zero-order valence-corrected chi connectivity index (χ0v) is 39.2. The average Bonchev–Trinajstić information content (AvgIpc) is 3.17. The molecule has 1 N–H and O–H groups in total. The van der Waals surface area contributed by atoms with Crippen LogP contribution in [0.5, 0.6) is 0 Å². The molecule has 0 radical (unpaired) electrons. The minimum atomic E-state index is -0.315. The maximum absolute atomic E-state index is 13.2. The first-order valence-corrected chi connectivity index (χ1v) is 22.6. The highest BCUT2D eigenvalue weighted by molar-refractivity contribution is 5.78. The molecule has 1 rings (SSSR count). The van der Waals surface area contributed by atoms with Gasteiger partial charge in [0.2, 0.25) is 5.91 Å². The summed E-state index contributed by atoms with van der Waals surface area (Å²) in [4.78, 5) is 58.8. The van der Waals surface area contributed by atoms with Crippen LogP contribution in [0.3, 0.4) is 0 Å². The Bertz CT molecular complexity index is 1380. The predicted molar refractivity (Wildman–Crippen MR) is 245 cm³/mol. The van der Waals surface area contributed by atoms with E-state index in [0.29, 0.717) is 78.7 Å². The standard InChI is InChI=1S/C48H83N5O7/c1-10-58-46(55)37-51-30-28-50(29-31-52(38-47(56)59-11-2)33-35-53(34-32-51)39-48(57)60-12-3)36-45(54)49-27-26-44(9)25-17-23-42(7)20-14-13-19-41(6)22-16-24-43(8)21-15-18-40(4)5/h18-20,24-25H,10-17,21-23,26-39H2,1-9H3,(H,49,54)/b41-19+,42-20+,43-24+,44-25+. The van der Waals surface area contributed by atoms with E-state index >= 15 is 0 Å². The van der Waals surface area contributed by atoms with Crippen LogP contribution >= 0.6 is 0 Å². The third kappa shape index (κ3) is 29.6. The Morgan fingerprint density at radius 3 is 1.07 bits per heavy atom. The van der Waals surface area contributed by atoms with Gasteiger partial charge in [0.1, 0.15) is 0 Å². The highest BCUT2D eigenvalue weighted by Gasteiger charge is 2.22. The largest absolute Gasteiger partial charge is 0.465 e. The van der Waals surface area contributed by atoms with Crippen LogP contribution in [0, 0.1) is 0 Å². The molecule has 0 spiro atoms. The zero-order valence-electron chi connectivity index (χ0n) is 39.2. The van der Waals surface area contributed by atoms with Gasteiger partial charge in [-0.2, -0.15) is 0 Å². The number of allylic oxidation sites excluding steroid dienone is 9. The fourth-order valence-corrected chi connectivity index (χ4v) is 6.79. The van der Waals surface area contributed by atoms with Gasteiger partial charge in [-0.15, -0.1) is 0 Å². The summed E-state index contributed by atoms with van der Waals surface area (Å²) < 4.78 is 15.7. The van der Waals surface area contributed by atoms with Crippen molar-refractivity contribution in [2.75, 3.05) is 105 Å². The molecule has 0 bridgehead atoms. The molecule has 0 aliphatic carbocycles. The van der Waals surface area contributed by atoms with E-state index in [1.54, 1.807) is 20.8 Å². The van der Waals surface area contributed by atoms with Crippen LogP contribution in [0.2, 0.25) is 0 Å². The van der Waals surface area contributed by atoms with E-state index in [1.165, 1.54) is 27.9 Å². The summed E-state index contributed by atoms with van der Waals surface area (Å²) in [6, 6.07) is 0. The number of carbonyl (C=O) groups excluding carboxylic acids is 4. The van der Waals surface area contributed by atoms with Crippen molar-refractivity contribution >= 4 is 23.8 Å². The van der Waals surface area contributed by atoms with E-state index in [4.69, 9.17) is 14.2 Å². The van der Waals surface area contributed by atoms with Crippen LogP contribution in [-0.2, 0) is 33.4 Å². The predicted octanol–water partition coefficient (Wildman–Crippen LogP) is 7.28. The number of esters is 3. The lowest BCUT2D eigenvalue weighted by atomic mass is 10.0. The maximum Gasteiger partial charge on any atom is 0.320 e. The Morgan fingerprint density at radius 2 is 0.733 bits per heavy atom. The number of ether oxygens (including phenoxy) is 3. The highest BCUT2D eigenvalue weighted by Crippen LogP contribution is 2.14. The average molecular weight is 842 g/mol. The van der Waals surface area contributed by atoms with Gasteiger partial charge in [0.15, 0.2) is 0 Å². The quantitative estimate of drug-likeness (QED) is 0.0410. The van der Waals surface area contributed by atoms with Crippen molar-refractivity contribution < 1.29 is 33.4 Å². The molecule has 0 atom stereocenters. The lowest BCUT2D eigenvalue weighted by Gasteiger charge is -2.33. The number of carbonyl (C=O) groups is 4. The summed E-state index contributed by atoms with van der Waals surface area (Å²) in [5.74, 6) is -0.997. The SMILES string of the molecule is CCOC(=O)CN1CCN(CC(=O)NCC/C(C)=C/CC/C(C)=C/CC/C=C(\C)CC/C=C(\C)CCC=C(C)C)CCN(CC(=O)OCC)CCN(CC(=O)OCC)CC1. The van der Waals surface area contributed by atoms with E-state index in [2.05, 4.69) is 82.1 Å². The number of hydrogen-bond acceptors (Lipinski definition) is 11. The molecule has 0 saturated carbocycles. The Balaban J connectivity index is 2.70. The first-order valence-electron chi connectivity index (χ1n) is 22.6. The van der Waals surface area contributed by atoms with Gasteiger partial charge in [-0.1, -0.05) is 58.2 Å². The molecule has 12 heteroatoms. The molecule has 12 nitrogen and oxygen atoms in total. The molecule has 1 fully saturated rings. The fourth-order valence-electron chi connectivity index (χ4n) is 6.79. The normalized spacial score (nSPS) is 16.4. The Kier molecular flexibility index (Phi) is 30.9. The number of hydrogen-bond donors (Lipinski definition) is 1. The van der Waals surface area contributed by atoms with Crippen molar-refractivity contribution in [3.63, 3.8) is 0 Å². The van der Waals surface area contributed by atoms with Gasteiger partial charge in [0.05, 0.1) is 46.0 Å². The van der Waals surface area contributed by atoms with Crippen molar-refractivity contribution in [3.8, 4) is 0 Å². The van der Waals surface area contributed by atoms with Crippen molar-refractivity contribution in [1.29, 1.82) is 0 Å². The molecule has 1 heterocycles. The molecule has 0 unspecified atom stereocenters. The van der Waals surface area contributed by atoms with Crippen LogP contribution in [0.4, 0.5) is 0 Å². The lowest BCUT2D eigenvalue weighted by Crippen LogP contribution is -2.50. The van der Waals surface area contributed by atoms with Gasteiger partial charge in [-0.3, -0.25) is 38.8 Å². The van der Waals surface area contributed by atoms with Gasteiger partial charge in [0.25, 0.3) is 0 Å². The molecule has 342 valence electrons. The third-order valence-electron chi connectivity index (χ3n) is 10.4. The Labute approximate surface area is 364 Å². The summed E-state index contributed by atoms with van der Waals surface area (Å²) in [6.07, 6.45) is 21.2. The summed E-state index contributed by atoms with van der Waals surface area (Å²) >= 11 is 0. The fraction of sp³-hybridized carbons (Fsp3) is 0.708. The molecule has 1 saturated heterocycles. The highest BCUT2D eigenvalue weighted by atomic mass is 16.5. The van der Waals surface area contributed by atoms with Gasteiger partial charge in [0, 0.05) is 58.9 Å². The maximum atomic E-state index is 13.2. The number of nitrogens with zero attached hydrogens (tertiary/aromatic N) is 4. The van der Waals surface area contributed by atoms with Crippen LogP contribution in [0.1, 0.15) is 120 Å². The third-order valence-corrected chi connectivity index (χ3v) is 10.4. The lowest BCUT2D eigenvalue weighted by molar-refractivity contribution is -0.146. The molecular weight excluding hydrogens is 759 g/mol. The second kappa shape index (κ2) is 34.1. The van der Waals surface area contributed by atoms with E-state index in [1.807, 2.05) is 14.7 Å². The summed E-state index contributed by atoms with van der Waals surface area (Å²) in [7, 11) is 0. The minimum Gasteiger partial charge on any atom is -0.465 e. The molecule has 0 aromatic rings. The number of nitrogens with one attached hydrogen (secondary N) is 1. The minimum absolute atomic E-state index is 0.0610. The van der Waals surface area contributed by atoms with Gasteiger partial charge < -0.3 is 19.5 Å². The van der Waals surface area contributed by atoms with Crippen LogP contribution in [0.15, 0.2) is 58.2 Å². The summed E-state index contributed by atoms with van der Waals surface area (Å²) in [5, 5.41) is 3.10. The van der Waals surface area contributed by atoms with Gasteiger partial charge in [-0.05, 0) is 120 Å². The topological polar surface area (TPSA) is 121 Å². The van der Waals surface area contributed by atoms with E-state index in [-0.39, 0.29) is 50.0 Å². The van der Waals surface area contributed by atoms with Crippen molar-refractivity contribution in [1.82, 2.24) is 24.9 Å². The zero-order chi connectivity index (χ0) is 44.5. The monoisotopic (exact) mass is 842 g/mol. The van der Waals surface area contributed by atoms with Gasteiger partial charge in [-0.25, -0.2) is 0 Å². The van der Waals surface area contributed by atoms with Crippen molar-refractivity contribution in [2.24, 2.45) is 0 Å². The second-order valence-corrected chi connectivity index (χ2v) is 16.3. The van der Waals surface area contributed by atoms with Crippen LogP contribution in [-0.4, -0.2) is 148 Å². The van der Waals surface area contributed by atoms with E-state index in [0.717, 1.165) is 57.8 Å². The number of unbranched alkanes of at least 4 members (excludes halogenated alkanes) is 1. The molecule has 0 aromatic heterocycles. The Hall–Kier alpha value is -3.58. The smallest absolute Gasteiger partial charge is 0.320 e. The molecule has 1 aliphatic heterocycles. The molecule has 1 aliphatic rings. The van der Waals surface area contributed by atoms with Crippen LogP contribution < -0.4 is 5.32 Å². The van der Waals surface area contributed by atoms with Gasteiger partial charge >= 0.3 is 17.9 Å². The van der Waals surface area contributed by atoms with Crippen molar-refractivity contribution in [3.05, 3.63) is 58.2 Å². The number of rotatable bonds is 26. The summed E-state index contributed by atoms with van der Waals surface area (Å²) in [5.41, 5.74) is 7.02. The van der Waals surface area contributed by atoms with E-state index in [9.17, 15) is 19.2 Å². The first-order chi connectivity index (χ1) is 28.7. The Morgan fingerprint density at radius 1 is 0.433 bits per heavy atom. The molecule has 1 amide bonds. The summed E-state index contributed by atoms with van der Waals surface area (Å²) in [6.45, 7) is 24.7. The van der Waals surface area contributed by atoms with Crippen LogP contribution in [0.25, 0.3) is 0 Å². The second-order valence-electron chi connectivity index (χ2n) is 16.3. The van der Waals surface area contributed by atoms with E-state index < -0.39 is 0 Å².